The summed E-state index contributed by atoms with van der Waals surface area (Å²) in [5.74, 6) is 2.26. The van der Waals surface area contributed by atoms with E-state index < -0.39 is 6.04 Å². The number of terminal acetylenes is 1. The van der Waals surface area contributed by atoms with E-state index in [1.807, 2.05) is 43.3 Å². The molecule has 3 rings (SSSR count). The molecule has 0 heterocycles. The summed E-state index contributed by atoms with van der Waals surface area (Å²) in [5.41, 5.74) is 3.92. The van der Waals surface area contributed by atoms with Crippen molar-refractivity contribution in [1.82, 2.24) is 4.90 Å². The van der Waals surface area contributed by atoms with Gasteiger partial charge in [-0.2, -0.15) is 0 Å². The second-order valence-corrected chi connectivity index (χ2v) is 8.54. The van der Waals surface area contributed by atoms with Crippen LogP contribution in [0.15, 0.2) is 55.6 Å². The molecule has 0 aliphatic heterocycles. The molecule has 170 valence electrons. The highest BCUT2D eigenvalue weighted by Crippen LogP contribution is 2.31. The molecule has 33 heavy (non-hydrogen) atoms. The molecule has 1 saturated carbocycles. The molecule has 2 aromatic carbocycles. The minimum absolute atomic E-state index is 0.0615. The third kappa shape index (κ3) is 5.62. The number of carbonyl (C=O) groups excluding carboxylic acids is 2. The normalized spacial score (nSPS) is 14.5. The molecule has 0 aromatic heterocycles. The van der Waals surface area contributed by atoms with E-state index in [2.05, 4.69) is 24.4 Å². The molecule has 0 bridgehead atoms. The van der Waals surface area contributed by atoms with Gasteiger partial charge in [-0.25, -0.2) is 0 Å². The SMILES string of the molecule is C#CCN(C(=O)c1ccccc1C)C(C(=O)Nc1ccc(C=C)c(C=C)c1)C1CCCCC1. The molecule has 4 heteroatoms. The Kier molecular flexibility index (Phi) is 8.27. The van der Waals surface area contributed by atoms with Crippen molar-refractivity contribution in [2.75, 3.05) is 11.9 Å². The minimum Gasteiger partial charge on any atom is -0.324 e. The van der Waals surface area contributed by atoms with E-state index in [9.17, 15) is 9.59 Å². The second-order valence-electron chi connectivity index (χ2n) is 8.54. The molecule has 1 fully saturated rings. The van der Waals surface area contributed by atoms with Gasteiger partial charge in [-0.15, -0.1) is 6.42 Å². The molecule has 0 radical (unpaired) electrons. The van der Waals surface area contributed by atoms with Crippen molar-refractivity contribution in [3.05, 3.63) is 77.9 Å². The molecule has 0 saturated heterocycles. The molecule has 1 atom stereocenters. The van der Waals surface area contributed by atoms with Crippen molar-refractivity contribution < 1.29 is 9.59 Å². The molecule has 0 spiro atoms. The third-order valence-corrected chi connectivity index (χ3v) is 6.39. The van der Waals surface area contributed by atoms with Gasteiger partial charge in [0.05, 0.1) is 6.54 Å². The zero-order chi connectivity index (χ0) is 23.8. The van der Waals surface area contributed by atoms with Crippen molar-refractivity contribution in [3.8, 4) is 12.3 Å². The number of nitrogens with zero attached hydrogens (tertiary/aromatic N) is 1. The van der Waals surface area contributed by atoms with Gasteiger partial charge in [0, 0.05) is 11.3 Å². The summed E-state index contributed by atoms with van der Waals surface area (Å²) < 4.78 is 0. The number of hydrogen-bond acceptors (Lipinski definition) is 2. The molecule has 2 aromatic rings. The first-order valence-electron chi connectivity index (χ1n) is 11.5. The van der Waals surface area contributed by atoms with E-state index >= 15 is 0 Å². The first-order chi connectivity index (χ1) is 16.0. The average Bonchev–Trinajstić information content (AvgIpc) is 2.84. The Morgan fingerprint density at radius 1 is 1.12 bits per heavy atom. The van der Waals surface area contributed by atoms with Crippen LogP contribution in [-0.2, 0) is 4.79 Å². The molecular formula is C29H32N2O2. The highest BCUT2D eigenvalue weighted by Gasteiger charge is 2.37. The van der Waals surface area contributed by atoms with Crippen molar-refractivity contribution in [1.29, 1.82) is 0 Å². The number of amides is 2. The van der Waals surface area contributed by atoms with Crippen LogP contribution in [0.1, 0.15) is 59.2 Å². The standard InChI is InChI=1S/C29H32N2O2/c1-5-19-31(29(33)26-16-12-11-13-21(26)4)27(24-14-9-8-10-15-24)28(32)30-25-18-17-22(6-2)23(7-3)20-25/h1,6-7,11-13,16-18,20,24,27H,2-3,8-10,14-15,19H2,4H3,(H,30,32). The van der Waals surface area contributed by atoms with Crippen LogP contribution < -0.4 is 5.32 Å². The predicted molar refractivity (Wildman–Crippen MR) is 137 cm³/mol. The van der Waals surface area contributed by atoms with Crippen molar-refractivity contribution >= 4 is 29.7 Å². The van der Waals surface area contributed by atoms with Crippen LogP contribution >= 0.6 is 0 Å². The number of anilines is 1. The first kappa shape index (κ1) is 24.1. The lowest BCUT2D eigenvalue weighted by Crippen LogP contribution is -2.52. The molecule has 2 amide bonds. The highest BCUT2D eigenvalue weighted by molar-refractivity contribution is 6.02. The zero-order valence-corrected chi connectivity index (χ0v) is 19.3. The van der Waals surface area contributed by atoms with Gasteiger partial charge in [-0.05, 0) is 60.6 Å². The summed E-state index contributed by atoms with van der Waals surface area (Å²) in [4.78, 5) is 28.9. The Bertz CT molecular complexity index is 1070. The maximum absolute atomic E-state index is 13.7. The van der Waals surface area contributed by atoms with Crippen molar-refractivity contribution in [2.24, 2.45) is 5.92 Å². The number of benzene rings is 2. The van der Waals surface area contributed by atoms with Crippen molar-refractivity contribution in [2.45, 2.75) is 45.1 Å². The fourth-order valence-electron chi connectivity index (χ4n) is 4.65. The Morgan fingerprint density at radius 2 is 1.82 bits per heavy atom. The molecule has 1 unspecified atom stereocenters. The fraction of sp³-hybridized carbons (Fsp3) is 0.310. The smallest absolute Gasteiger partial charge is 0.255 e. The van der Waals surface area contributed by atoms with Gasteiger partial charge in [0.1, 0.15) is 6.04 Å². The first-order valence-corrected chi connectivity index (χ1v) is 11.5. The quantitative estimate of drug-likeness (QED) is 0.516. The fourth-order valence-corrected chi connectivity index (χ4v) is 4.65. The van der Waals surface area contributed by atoms with Crippen LogP contribution in [0.25, 0.3) is 12.2 Å². The van der Waals surface area contributed by atoms with Gasteiger partial charge in [0.15, 0.2) is 0 Å². The Balaban J connectivity index is 1.97. The van der Waals surface area contributed by atoms with E-state index in [1.165, 1.54) is 0 Å². The lowest BCUT2D eigenvalue weighted by Gasteiger charge is -2.37. The van der Waals surface area contributed by atoms with E-state index in [4.69, 9.17) is 6.42 Å². The molecule has 1 aliphatic carbocycles. The number of carbonyl (C=O) groups is 2. The Labute approximate surface area is 197 Å². The summed E-state index contributed by atoms with van der Waals surface area (Å²) in [6.45, 7) is 9.65. The molecule has 1 N–H and O–H groups in total. The minimum atomic E-state index is -0.639. The maximum atomic E-state index is 13.7. The molecule has 4 nitrogen and oxygen atoms in total. The summed E-state index contributed by atoms with van der Waals surface area (Å²) in [7, 11) is 0. The average molecular weight is 441 g/mol. The monoisotopic (exact) mass is 440 g/mol. The third-order valence-electron chi connectivity index (χ3n) is 6.39. The van der Waals surface area contributed by atoms with E-state index in [1.54, 1.807) is 23.1 Å². The van der Waals surface area contributed by atoms with Crippen LogP contribution in [0.2, 0.25) is 0 Å². The topological polar surface area (TPSA) is 49.4 Å². The van der Waals surface area contributed by atoms with Gasteiger partial charge < -0.3 is 10.2 Å². The summed E-state index contributed by atoms with van der Waals surface area (Å²) in [5, 5.41) is 3.04. The number of nitrogens with one attached hydrogen (secondary N) is 1. The number of rotatable bonds is 8. The lowest BCUT2D eigenvalue weighted by atomic mass is 9.82. The van der Waals surface area contributed by atoms with Gasteiger partial charge >= 0.3 is 0 Å². The number of aryl methyl sites for hydroxylation is 1. The van der Waals surface area contributed by atoms with E-state index in [-0.39, 0.29) is 24.3 Å². The Hall–Kier alpha value is -3.58. The van der Waals surface area contributed by atoms with Crippen LogP contribution in [0, 0.1) is 25.2 Å². The van der Waals surface area contributed by atoms with Crippen LogP contribution in [-0.4, -0.2) is 29.3 Å². The predicted octanol–water partition coefficient (Wildman–Crippen LogP) is 5.94. The van der Waals surface area contributed by atoms with Gasteiger partial charge in [-0.1, -0.05) is 74.8 Å². The van der Waals surface area contributed by atoms with Gasteiger partial charge in [0.25, 0.3) is 5.91 Å². The summed E-state index contributed by atoms with van der Waals surface area (Å²) in [6, 6.07) is 12.4. The van der Waals surface area contributed by atoms with E-state index in [0.717, 1.165) is 48.8 Å². The van der Waals surface area contributed by atoms with Crippen LogP contribution in [0.3, 0.4) is 0 Å². The van der Waals surface area contributed by atoms with Gasteiger partial charge in [0.2, 0.25) is 5.91 Å². The zero-order valence-electron chi connectivity index (χ0n) is 19.3. The van der Waals surface area contributed by atoms with Gasteiger partial charge in [-0.3, -0.25) is 9.59 Å². The van der Waals surface area contributed by atoms with Crippen molar-refractivity contribution in [3.63, 3.8) is 0 Å². The summed E-state index contributed by atoms with van der Waals surface area (Å²) >= 11 is 0. The maximum Gasteiger partial charge on any atom is 0.255 e. The Morgan fingerprint density at radius 3 is 2.45 bits per heavy atom. The highest BCUT2D eigenvalue weighted by atomic mass is 16.2. The molecule has 1 aliphatic rings. The largest absolute Gasteiger partial charge is 0.324 e. The lowest BCUT2D eigenvalue weighted by molar-refractivity contribution is -0.122. The van der Waals surface area contributed by atoms with Crippen LogP contribution in [0.4, 0.5) is 5.69 Å². The molecular weight excluding hydrogens is 408 g/mol. The van der Waals surface area contributed by atoms with Crippen LogP contribution in [0.5, 0.6) is 0 Å². The van der Waals surface area contributed by atoms with E-state index in [0.29, 0.717) is 11.3 Å². The summed E-state index contributed by atoms with van der Waals surface area (Å²) in [6.07, 6.45) is 14.2. The second kappa shape index (κ2) is 11.3. The number of hydrogen-bond donors (Lipinski definition) is 1.